The van der Waals surface area contributed by atoms with Crippen LogP contribution < -0.4 is 5.32 Å². The third-order valence-corrected chi connectivity index (χ3v) is 2.25. The van der Waals surface area contributed by atoms with Gasteiger partial charge in [0.15, 0.2) is 0 Å². The number of hydrogen-bond acceptors (Lipinski definition) is 2. The smallest absolute Gasteiger partial charge is 0.0613 e. The van der Waals surface area contributed by atoms with Crippen LogP contribution in [0.25, 0.3) is 0 Å². The molecule has 2 heteroatoms. The van der Waals surface area contributed by atoms with E-state index in [0.29, 0.717) is 6.04 Å². The molecule has 0 aromatic carbocycles. The Morgan fingerprint density at radius 3 is 1.82 bits per heavy atom. The first kappa shape index (κ1) is 10.9. The van der Waals surface area contributed by atoms with Crippen molar-refractivity contribution in [2.45, 2.75) is 52.1 Å². The number of hydrogen-bond donors (Lipinski definition) is 2. The number of nitrogens with one attached hydrogen (secondary N) is 1. The Hall–Kier alpha value is -0.0800. The first-order valence-corrected chi connectivity index (χ1v) is 4.48. The minimum absolute atomic E-state index is 0.0475. The Kier molecular flexibility index (Phi) is 4.69. The zero-order valence-corrected chi connectivity index (χ0v) is 8.15. The van der Waals surface area contributed by atoms with Crippen molar-refractivity contribution in [3.8, 4) is 0 Å². The Morgan fingerprint density at radius 1 is 1.27 bits per heavy atom. The van der Waals surface area contributed by atoms with E-state index in [-0.39, 0.29) is 12.1 Å². The van der Waals surface area contributed by atoms with E-state index in [1.54, 1.807) is 0 Å². The van der Waals surface area contributed by atoms with E-state index < -0.39 is 0 Å². The highest BCUT2D eigenvalue weighted by atomic mass is 16.3. The standard InChI is InChI=1S/C9H21NO/c1-5-9(6-2,7-11)10-8(3)4/h8,10-11H,5-7H2,1-4H3. The summed E-state index contributed by atoms with van der Waals surface area (Å²) >= 11 is 0. The second-order valence-electron chi connectivity index (χ2n) is 3.44. The Balaban J connectivity index is 4.05. The lowest BCUT2D eigenvalue weighted by Gasteiger charge is -2.33. The highest BCUT2D eigenvalue weighted by molar-refractivity contribution is 4.85. The summed E-state index contributed by atoms with van der Waals surface area (Å²) in [6.45, 7) is 8.66. The van der Waals surface area contributed by atoms with Crippen LogP contribution in [0.1, 0.15) is 40.5 Å². The van der Waals surface area contributed by atoms with Crippen molar-refractivity contribution in [1.82, 2.24) is 5.32 Å². The molecule has 0 aromatic heterocycles. The molecule has 68 valence electrons. The average Bonchev–Trinajstić information content (AvgIpc) is 2.00. The summed E-state index contributed by atoms with van der Waals surface area (Å²) in [6.07, 6.45) is 1.97. The van der Waals surface area contributed by atoms with E-state index in [9.17, 15) is 0 Å². The van der Waals surface area contributed by atoms with Crippen molar-refractivity contribution in [2.75, 3.05) is 6.61 Å². The first-order valence-electron chi connectivity index (χ1n) is 4.48. The molecule has 0 radical (unpaired) electrons. The van der Waals surface area contributed by atoms with Crippen molar-refractivity contribution in [3.05, 3.63) is 0 Å². The van der Waals surface area contributed by atoms with Gasteiger partial charge in [-0.3, -0.25) is 0 Å². The third kappa shape index (κ3) is 3.21. The maximum atomic E-state index is 9.16. The van der Waals surface area contributed by atoms with Gasteiger partial charge in [0, 0.05) is 11.6 Å². The molecule has 0 heterocycles. The van der Waals surface area contributed by atoms with E-state index in [4.69, 9.17) is 5.11 Å². The molecule has 0 saturated carbocycles. The molecule has 0 unspecified atom stereocenters. The predicted octanol–water partition coefficient (Wildman–Crippen LogP) is 1.54. The summed E-state index contributed by atoms with van der Waals surface area (Å²) < 4.78 is 0. The van der Waals surface area contributed by atoms with Gasteiger partial charge in [0.1, 0.15) is 0 Å². The molecule has 11 heavy (non-hydrogen) atoms. The van der Waals surface area contributed by atoms with Crippen molar-refractivity contribution >= 4 is 0 Å². The molecule has 0 fully saturated rings. The number of aliphatic hydroxyl groups excluding tert-OH is 1. The maximum absolute atomic E-state index is 9.16. The minimum atomic E-state index is -0.0475. The maximum Gasteiger partial charge on any atom is 0.0613 e. The summed E-state index contributed by atoms with van der Waals surface area (Å²) in [6, 6.07) is 0.446. The van der Waals surface area contributed by atoms with E-state index in [2.05, 4.69) is 33.0 Å². The van der Waals surface area contributed by atoms with Crippen LogP contribution in [0.15, 0.2) is 0 Å². The molecule has 0 saturated heterocycles. The normalized spacial score (nSPS) is 12.5. The van der Waals surface area contributed by atoms with Gasteiger partial charge in [-0.1, -0.05) is 27.7 Å². The molecule has 2 nitrogen and oxygen atoms in total. The van der Waals surface area contributed by atoms with Crippen LogP contribution in [-0.4, -0.2) is 23.3 Å². The summed E-state index contributed by atoms with van der Waals surface area (Å²) in [7, 11) is 0. The van der Waals surface area contributed by atoms with E-state index in [1.165, 1.54) is 0 Å². The molecule has 0 aliphatic carbocycles. The molecule has 0 aliphatic heterocycles. The summed E-state index contributed by atoms with van der Waals surface area (Å²) in [4.78, 5) is 0. The fourth-order valence-electron chi connectivity index (χ4n) is 1.34. The molecule has 0 amide bonds. The lowest BCUT2D eigenvalue weighted by Crippen LogP contribution is -2.50. The Bertz CT molecular complexity index is 89.5. The van der Waals surface area contributed by atoms with Crippen molar-refractivity contribution in [1.29, 1.82) is 0 Å². The van der Waals surface area contributed by atoms with Crippen molar-refractivity contribution in [3.63, 3.8) is 0 Å². The summed E-state index contributed by atoms with van der Waals surface area (Å²) in [5, 5.41) is 12.6. The van der Waals surface area contributed by atoms with Crippen molar-refractivity contribution < 1.29 is 5.11 Å². The lowest BCUT2D eigenvalue weighted by molar-refractivity contribution is 0.142. The van der Waals surface area contributed by atoms with Gasteiger partial charge >= 0.3 is 0 Å². The van der Waals surface area contributed by atoms with Gasteiger partial charge in [0.2, 0.25) is 0 Å². The largest absolute Gasteiger partial charge is 0.394 e. The monoisotopic (exact) mass is 159 g/mol. The van der Waals surface area contributed by atoms with Gasteiger partial charge < -0.3 is 10.4 Å². The van der Waals surface area contributed by atoms with Crippen LogP contribution in [0.3, 0.4) is 0 Å². The average molecular weight is 159 g/mol. The van der Waals surface area contributed by atoms with Gasteiger partial charge in [-0.05, 0) is 12.8 Å². The van der Waals surface area contributed by atoms with Gasteiger partial charge in [0.25, 0.3) is 0 Å². The van der Waals surface area contributed by atoms with Gasteiger partial charge in [-0.2, -0.15) is 0 Å². The van der Waals surface area contributed by atoms with Crippen LogP contribution in [0.4, 0.5) is 0 Å². The van der Waals surface area contributed by atoms with Crippen LogP contribution >= 0.6 is 0 Å². The fraction of sp³-hybridized carbons (Fsp3) is 1.00. The Labute approximate surface area is 70.0 Å². The summed E-state index contributed by atoms with van der Waals surface area (Å²) in [5.74, 6) is 0. The number of aliphatic hydroxyl groups is 1. The molecule has 0 bridgehead atoms. The van der Waals surface area contributed by atoms with E-state index in [0.717, 1.165) is 12.8 Å². The molecule has 0 aromatic rings. The zero-order valence-electron chi connectivity index (χ0n) is 8.15. The quantitative estimate of drug-likeness (QED) is 0.637. The van der Waals surface area contributed by atoms with Crippen LogP contribution in [0.5, 0.6) is 0 Å². The van der Waals surface area contributed by atoms with Crippen LogP contribution in [-0.2, 0) is 0 Å². The SMILES string of the molecule is CCC(CC)(CO)NC(C)C. The molecule has 0 aliphatic rings. The van der Waals surface area contributed by atoms with Gasteiger partial charge in [-0.15, -0.1) is 0 Å². The third-order valence-electron chi connectivity index (χ3n) is 2.25. The second-order valence-corrected chi connectivity index (χ2v) is 3.44. The second kappa shape index (κ2) is 4.73. The van der Waals surface area contributed by atoms with E-state index in [1.807, 2.05) is 0 Å². The molecule has 0 rings (SSSR count). The molecule has 0 spiro atoms. The highest BCUT2D eigenvalue weighted by Gasteiger charge is 2.24. The highest BCUT2D eigenvalue weighted by Crippen LogP contribution is 2.14. The van der Waals surface area contributed by atoms with Crippen molar-refractivity contribution in [2.24, 2.45) is 0 Å². The van der Waals surface area contributed by atoms with Gasteiger partial charge in [0.05, 0.1) is 6.61 Å². The van der Waals surface area contributed by atoms with Crippen LogP contribution in [0.2, 0.25) is 0 Å². The van der Waals surface area contributed by atoms with E-state index >= 15 is 0 Å². The van der Waals surface area contributed by atoms with Gasteiger partial charge in [-0.25, -0.2) is 0 Å². The summed E-state index contributed by atoms with van der Waals surface area (Å²) in [5.41, 5.74) is -0.0475. The fourth-order valence-corrected chi connectivity index (χ4v) is 1.34. The lowest BCUT2D eigenvalue weighted by atomic mass is 9.93. The Morgan fingerprint density at radius 2 is 1.73 bits per heavy atom. The predicted molar refractivity (Wildman–Crippen MR) is 48.7 cm³/mol. The number of rotatable bonds is 5. The molecule has 0 atom stereocenters. The molecular formula is C9H21NO. The first-order chi connectivity index (χ1) is 5.10. The zero-order chi connectivity index (χ0) is 8.91. The molecular weight excluding hydrogens is 138 g/mol. The minimum Gasteiger partial charge on any atom is -0.394 e. The van der Waals surface area contributed by atoms with Crippen LogP contribution in [0, 0.1) is 0 Å². The topological polar surface area (TPSA) is 32.3 Å². The molecule has 2 N–H and O–H groups in total.